The first kappa shape index (κ1) is 13.7. The summed E-state index contributed by atoms with van der Waals surface area (Å²) in [5, 5.41) is 9.27. The summed E-state index contributed by atoms with van der Waals surface area (Å²) in [7, 11) is 0. The molecule has 2 rings (SSSR count). The number of rotatable bonds is 4. The van der Waals surface area contributed by atoms with Gasteiger partial charge in [0.1, 0.15) is 11.3 Å². The summed E-state index contributed by atoms with van der Waals surface area (Å²) in [4.78, 5) is 11.3. The molecule has 0 saturated heterocycles. The third-order valence-corrected chi connectivity index (χ3v) is 3.47. The number of hydrogen-bond donors (Lipinski definition) is 1. The zero-order chi connectivity index (χ0) is 13.7. The standard InChI is InChI=1S/C16H20O3/c1-2-19-15-13(10-7-11-14(15)16(17)18)12-8-5-3-4-6-9-12/h5,7-8,10-12H,2-4,6,9H2,1H3,(H,17,18). The van der Waals surface area contributed by atoms with Crippen LogP contribution in [0.25, 0.3) is 0 Å². The van der Waals surface area contributed by atoms with Gasteiger partial charge in [0, 0.05) is 11.5 Å². The van der Waals surface area contributed by atoms with Gasteiger partial charge in [0.2, 0.25) is 0 Å². The maximum atomic E-state index is 11.3. The molecule has 0 fully saturated rings. The van der Waals surface area contributed by atoms with Gasteiger partial charge >= 0.3 is 5.97 Å². The highest BCUT2D eigenvalue weighted by molar-refractivity contribution is 5.91. The minimum atomic E-state index is -0.928. The first-order valence-corrected chi connectivity index (χ1v) is 6.89. The van der Waals surface area contributed by atoms with Gasteiger partial charge in [-0.15, -0.1) is 0 Å². The van der Waals surface area contributed by atoms with Crippen LogP contribution in [0.15, 0.2) is 30.4 Å². The summed E-state index contributed by atoms with van der Waals surface area (Å²) in [6.45, 7) is 2.36. The Morgan fingerprint density at radius 2 is 2.26 bits per heavy atom. The molecule has 0 saturated carbocycles. The van der Waals surface area contributed by atoms with Crippen LogP contribution in [0, 0.1) is 0 Å². The number of carboxylic acids is 1. The summed E-state index contributed by atoms with van der Waals surface area (Å²) < 4.78 is 5.61. The van der Waals surface area contributed by atoms with Gasteiger partial charge in [0.05, 0.1) is 6.61 Å². The van der Waals surface area contributed by atoms with Crippen molar-refractivity contribution >= 4 is 5.97 Å². The van der Waals surface area contributed by atoms with Gasteiger partial charge in [-0.1, -0.05) is 30.7 Å². The topological polar surface area (TPSA) is 46.5 Å². The molecule has 1 unspecified atom stereocenters. The fourth-order valence-corrected chi connectivity index (χ4v) is 2.56. The second-order valence-corrected chi connectivity index (χ2v) is 4.78. The molecule has 0 bridgehead atoms. The number of hydrogen-bond acceptors (Lipinski definition) is 2. The number of allylic oxidation sites excluding steroid dienone is 2. The summed E-state index contributed by atoms with van der Waals surface area (Å²) in [5.74, 6) is -0.125. The first-order valence-electron chi connectivity index (χ1n) is 6.89. The van der Waals surface area contributed by atoms with E-state index in [1.807, 2.05) is 13.0 Å². The minimum Gasteiger partial charge on any atom is -0.493 e. The van der Waals surface area contributed by atoms with E-state index in [9.17, 15) is 9.90 Å². The van der Waals surface area contributed by atoms with E-state index in [2.05, 4.69) is 12.2 Å². The lowest BCUT2D eigenvalue weighted by Crippen LogP contribution is -2.07. The number of para-hydroxylation sites is 1. The fraction of sp³-hybridized carbons (Fsp3) is 0.438. The molecule has 3 heteroatoms. The summed E-state index contributed by atoms with van der Waals surface area (Å²) in [6.07, 6.45) is 8.92. The molecule has 0 aromatic heterocycles. The van der Waals surface area contributed by atoms with E-state index in [0.717, 1.165) is 18.4 Å². The molecule has 0 heterocycles. The number of ether oxygens (including phenoxy) is 1. The third-order valence-electron chi connectivity index (χ3n) is 3.47. The SMILES string of the molecule is CCOc1c(C(=O)O)cccc1C1C=CCCCC1. The molecule has 1 aliphatic rings. The predicted octanol–water partition coefficient (Wildman–Crippen LogP) is 4.00. The predicted molar refractivity (Wildman–Crippen MR) is 74.9 cm³/mol. The lowest BCUT2D eigenvalue weighted by Gasteiger charge is -2.18. The van der Waals surface area contributed by atoms with Gasteiger partial charge in [0.25, 0.3) is 0 Å². The Kier molecular flexibility index (Phi) is 4.61. The molecule has 1 aromatic rings. The van der Waals surface area contributed by atoms with E-state index in [1.54, 1.807) is 12.1 Å². The molecule has 3 nitrogen and oxygen atoms in total. The maximum Gasteiger partial charge on any atom is 0.339 e. The molecule has 0 amide bonds. The van der Waals surface area contributed by atoms with Crippen LogP contribution < -0.4 is 4.74 Å². The lowest BCUT2D eigenvalue weighted by molar-refractivity contribution is 0.0692. The van der Waals surface area contributed by atoms with Crippen LogP contribution in [-0.2, 0) is 0 Å². The van der Waals surface area contributed by atoms with E-state index in [-0.39, 0.29) is 11.5 Å². The normalized spacial score (nSPS) is 18.9. The Labute approximate surface area is 113 Å². The Morgan fingerprint density at radius 3 is 3.00 bits per heavy atom. The van der Waals surface area contributed by atoms with Crippen molar-refractivity contribution in [1.82, 2.24) is 0 Å². The largest absolute Gasteiger partial charge is 0.493 e. The highest BCUT2D eigenvalue weighted by Crippen LogP contribution is 2.35. The first-order chi connectivity index (χ1) is 9.24. The second-order valence-electron chi connectivity index (χ2n) is 4.78. The number of carbonyl (C=O) groups is 1. The highest BCUT2D eigenvalue weighted by atomic mass is 16.5. The van der Waals surface area contributed by atoms with Gasteiger partial charge in [-0.25, -0.2) is 4.79 Å². The van der Waals surface area contributed by atoms with E-state index in [0.29, 0.717) is 12.4 Å². The van der Waals surface area contributed by atoms with Gasteiger partial charge in [-0.2, -0.15) is 0 Å². The molecular weight excluding hydrogens is 240 g/mol. The Balaban J connectivity index is 2.42. The van der Waals surface area contributed by atoms with Crippen molar-refractivity contribution in [2.24, 2.45) is 0 Å². The van der Waals surface area contributed by atoms with Crippen molar-refractivity contribution in [2.45, 2.75) is 38.5 Å². The van der Waals surface area contributed by atoms with E-state index < -0.39 is 5.97 Å². The van der Waals surface area contributed by atoms with Crippen LogP contribution in [0.4, 0.5) is 0 Å². The second kappa shape index (κ2) is 6.41. The highest BCUT2D eigenvalue weighted by Gasteiger charge is 2.20. The van der Waals surface area contributed by atoms with Crippen LogP contribution in [0.2, 0.25) is 0 Å². The van der Waals surface area contributed by atoms with E-state index >= 15 is 0 Å². The lowest BCUT2D eigenvalue weighted by atomic mass is 9.92. The van der Waals surface area contributed by atoms with Crippen LogP contribution in [-0.4, -0.2) is 17.7 Å². The van der Waals surface area contributed by atoms with Crippen LogP contribution in [0.3, 0.4) is 0 Å². The third kappa shape index (κ3) is 3.16. The number of aromatic carboxylic acids is 1. The zero-order valence-electron chi connectivity index (χ0n) is 11.3. The molecule has 1 N–H and O–H groups in total. The number of benzene rings is 1. The van der Waals surface area contributed by atoms with Gasteiger partial charge < -0.3 is 9.84 Å². The van der Waals surface area contributed by atoms with Crippen molar-refractivity contribution in [2.75, 3.05) is 6.61 Å². The Morgan fingerprint density at radius 1 is 1.42 bits per heavy atom. The molecule has 102 valence electrons. The van der Waals surface area contributed by atoms with E-state index in [1.165, 1.54) is 12.8 Å². The van der Waals surface area contributed by atoms with Crippen LogP contribution >= 0.6 is 0 Å². The maximum absolute atomic E-state index is 11.3. The van der Waals surface area contributed by atoms with Gasteiger partial charge in [-0.3, -0.25) is 0 Å². The van der Waals surface area contributed by atoms with Gasteiger partial charge in [0.15, 0.2) is 0 Å². The molecular formula is C16H20O3. The number of carboxylic acid groups (broad SMARTS) is 1. The molecule has 1 aliphatic carbocycles. The van der Waals surface area contributed by atoms with E-state index in [4.69, 9.17) is 4.74 Å². The molecule has 0 radical (unpaired) electrons. The molecule has 19 heavy (non-hydrogen) atoms. The summed E-state index contributed by atoms with van der Waals surface area (Å²) in [6, 6.07) is 5.40. The van der Waals surface area contributed by atoms with Crippen molar-refractivity contribution in [3.63, 3.8) is 0 Å². The van der Waals surface area contributed by atoms with Crippen molar-refractivity contribution in [3.05, 3.63) is 41.5 Å². The zero-order valence-corrected chi connectivity index (χ0v) is 11.3. The fourth-order valence-electron chi connectivity index (χ4n) is 2.56. The summed E-state index contributed by atoms with van der Waals surface area (Å²) >= 11 is 0. The smallest absolute Gasteiger partial charge is 0.339 e. The van der Waals surface area contributed by atoms with Crippen LogP contribution in [0.1, 0.15) is 54.4 Å². The minimum absolute atomic E-state index is 0.261. The Hall–Kier alpha value is -1.77. The molecule has 0 aliphatic heterocycles. The average Bonchev–Trinajstić information content (AvgIpc) is 2.68. The molecule has 1 atom stereocenters. The van der Waals surface area contributed by atoms with Crippen molar-refractivity contribution < 1.29 is 14.6 Å². The summed E-state index contributed by atoms with van der Waals surface area (Å²) in [5.41, 5.74) is 1.26. The van der Waals surface area contributed by atoms with Crippen LogP contribution in [0.5, 0.6) is 5.75 Å². The quantitative estimate of drug-likeness (QED) is 0.832. The monoisotopic (exact) mass is 260 g/mol. The average molecular weight is 260 g/mol. The Bertz CT molecular complexity index is 477. The molecule has 1 aromatic carbocycles. The van der Waals surface area contributed by atoms with Crippen molar-refractivity contribution in [3.8, 4) is 5.75 Å². The van der Waals surface area contributed by atoms with Crippen molar-refractivity contribution in [1.29, 1.82) is 0 Å². The molecule has 0 spiro atoms. The van der Waals surface area contributed by atoms with Gasteiger partial charge in [-0.05, 0) is 32.3 Å².